The van der Waals surface area contributed by atoms with Crippen molar-refractivity contribution in [3.05, 3.63) is 0 Å². The van der Waals surface area contributed by atoms with Gasteiger partial charge in [-0.3, -0.25) is 4.99 Å². The minimum absolute atomic E-state index is 0.0486. The van der Waals surface area contributed by atoms with Crippen molar-refractivity contribution in [2.75, 3.05) is 12.0 Å². The van der Waals surface area contributed by atoms with Crippen LogP contribution in [0.15, 0.2) is 4.99 Å². The van der Waals surface area contributed by atoms with Gasteiger partial charge in [-0.1, -0.05) is 20.8 Å². The molecule has 1 N–H and O–H groups in total. The van der Waals surface area contributed by atoms with Gasteiger partial charge in [0.1, 0.15) is 6.04 Å². The molecule has 0 aliphatic carbocycles. The molecule has 0 amide bonds. The van der Waals surface area contributed by atoms with Gasteiger partial charge in [0.25, 0.3) is 0 Å². The number of thioether (sulfide) groups is 1. The molecule has 0 saturated carbocycles. The monoisotopic (exact) mass is 217 g/mol. The minimum atomic E-state index is -0.834. The fourth-order valence-corrected chi connectivity index (χ4v) is 1.26. The van der Waals surface area contributed by atoms with Crippen molar-refractivity contribution in [2.24, 2.45) is 10.4 Å². The number of carboxylic acids is 1. The number of hydrogen-bond donors (Lipinski definition) is 1. The molecular formula is C10H19NO2S. The Hall–Kier alpha value is -0.510. The van der Waals surface area contributed by atoms with Crippen LogP contribution in [-0.4, -0.2) is 35.3 Å². The Bertz CT molecular complexity index is 209. The first-order valence-electron chi connectivity index (χ1n) is 4.63. The van der Waals surface area contributed by atoms with Crippen molar-refractivity contribution in [1.82, 2.24) is 0 Å². The van der Waals surface area contributed by atoms with Crippen LogP contribution in [0, 0.1) is 5.41 Å². The van der Waals surface area contributed by atoms with E-state index < -0.39 is 12.0 Å². The Labute approximate surface area is 90.0 Å². The summed E-state index contributed by atoms with van der Waals surface area (Å²) < 4.78 is 0. The van der Waals surface area contributed by atoms with E-state index in [1.807, 2.05) is 27.0 Å². The first kappa shape index (κ1) is 13.5. The maximum Gasteiger partial charge on any atom is 0.328 e. The van der Waals surface area contributed by atoms with Gasteiger partial charge in [-0.25, -0.2) is 4.79 Å². The number of aliphatic imine (C=N–C) groups is 1. The molecule has 1 atom stereocenters. The van der Waals surface area contributed by atoms with E-state index in [0.717, 1.165) is 5.75 Å². The molecule has 0 fully saturated rings. The summed E-state index contributed by atoms with van der Waals surface area (Å²) in [6.07, 6.45) is 4.29. The van der Waals surface area contributed by atoms with Crippen molar-refractivity contribution in [3.8, 4) is 0 Å². The molecule has 0 aromatic carbocycles. The molecule has 0 heterocycles. The lowest BCUT2D eigenvalue weighted by atomic mass is 9.99. The average Bonchev–Trinajstić information content (AvgIpc) is 2.01. The van der Waals surface area contributed by atoms with Gasteiger partial charge in [-0.15, -0.1) is 0 Å². The lowest BCUT2D eigenvalue weighted by Crippen LogP contribution is -2.20. The minimum Gasteiger partial charge on any atom is -0.480 e. The van der Waals surface area contributed by atoms with Gasteiger partial charge >= 0.3 is 5.97 Å². The smallest absolute Gasteiger partial charge is 0.328 e. The van der Waals surface area contributed by atoms with E-state index in [-0.39, 0.29) is 5.41 Å². The number of hydrogen-bond acceptors (Lipinski definition) is 3. The zero-order valence-electron chi connectivity index (χ0n) is 9.28. The summed E-state index contributed by atoms with van der Waals surface area (Å²) in [4.78, 5) is 14.9. The van der Waals surface area contributed by atoms with Crippen molar-refractivity contribution in [2.45, 2.75) is 33.2 Å². The molecule has 0 bridgehead atoms. The zero-order chi connectivity index (χ0) is 11.2. The van der Waals surface area contributed by atoms with E-state index in [1.165, 1.54) is 0 Å². The van der Waals surface area contributed by atoms with E-state index in [0.29, 0.717) is 6.42 Å². The number of carbonyl (C=O) groups is 1. The molecule has 0 aliphatic heterocycles. The van der Waals surface area contributed by atoms with Crippen LogP contribution < -0.4 is 0 Å². The third-order valence-electron chi connectivity index (χ3n) is 1.52. The Morgan fingerprint density at radius 2 is 2.14 bits per heavy atom. The number of nitrogens with zero attached hydrogens (tertiary/aromatic N) is 1. The predicted molar refractivity (Wildman–Crippen MR) is 62.4 cm³/mol. The molecule has 3 nitrogen and oxygen atoms in total. The lowest BCUT2D eigenvalue weighted by molar-refractivity contribution is -0.138. The molecule has 0 saturated heterocycles. The second-order valence-electron chi connectivity index (χ2n) is 4.28. The summed E-state index contributed by atoms with van der Waals surface area (Å²) in [5.74, 6) is -0.00195. The molecule has 0 aromatic heterocycles. The Balaban J connectivity index is 4.23. The third-order valence-corrected chi connectivity index (χ3v) is 2.17. The second-order valence-corrected chi connectivity index (χ2v) is 5.27. The molecular weight excluding hydrogens is 198 g/mol. The van der Waals surface area contributed by atoms with Gasteiger partial charge in [-0.05, 0) is 23.8 Å². The quantitative estimate of drug-likeness (QED) is 0.719. The zero-order valence-corrected chi connectivity index (χ0v) is 10.1. The third kappa shape index (κ3) is 6.95. The van der Waals surface area contributed by atoms with E-state index in [9.17, 15) is 4.79 Å². The van der Waals surface area contributed by atoms with Crippen molar-refractivity contribution < 1.29 is 9.90 Å². The van der Waals surface area contributed by atoms with Crippen LogP contribution in [-0.2, 0) is 4.79 Å². The highest BCUT2D eigenvalue weighted by Crippen LogP contribution is 2.11. The van der Waals surface area contributed by atoms with Crippen LogP contribution in [0.1, 0.15) is 27.2 Å². The Morgan fingerprint density at radius 1 is 1.57 bits per heavy atom. The normalized spacial score (nSPS) is 14.6. The molecule has 82 valence electrons. The van der Waals surface area contributed by atoms with E-state index >= 15 is 0 Å². The largest absolute Gasteiger partial charge is 0.480 e. The SMILES string of the molecule is CSCC[C@@H](/N=C/C(C)(C)C)C(=O)O. The van der Waals surface area contributed by atoms with Crippen LogP contribution in [0.2, 0.25) is 0 Å². The topological polar surface area (TPSA) is 49.7 Å². The molecule has 0 rings (SSSR count). The highest BCUT2D eigenvalue weighted by Gasteiger charge is 2.16. The summed E-state index contributed by atoms with van der Waals surface area (Å²) in [6.45, 7) is 6.01. The molecule has 0 aliphatic rings. The predicted octanol–water partition coefficient (Wildman–Crippen LogP) is 2.31. The fourth-order valence-electron chi connectivity index (χ4n) is 0.805. The van der Waals surface area contributed by atoms with Gasteiger partial charge < -0.3 is 5.11 Å². The van der Waals surface area contributed by atoms with E-state index in [2.05, 4.69) is 4.99 Å². The number of rotatable bonds is 5. The second kappa shape index (κ2) is 6.06. The van der Waals surface area contributed by atoms with Crippen molar-refractivity contribution in [3.63, 3.8) is 0 Å². The average molecular weight is 217 g/mol. The molecule has 0 spiro atoms. The molecule has 0 unspecified atom stereocenters. The van der Waals surface area contributed by atoms with Crippen LogP contribution in [0.5, 0.6) is 0 Å². The van der Waals surface area contributed by atoms with Crippen molar-refractivity contribution >= 4 is 23.9 Å². The number of aliphatic carboxylic acids is 1. The van der Waals surface area contributed by atoms with Crippen LogP contribution in [0.4, 0.5) is 0 Å². The highest BCUT2D eigenvalue weighted by molar-refractivity contribution is 7.98. The standard InChI is InChI=1S/C10H19NO2S/c1-10(2,3)7-11-8(9(12)13)5-6-14-4/h7-8H,5-6H2,1-4H3,(H,12,13)/b11-7+/t8-/m1/s1. The Kier molecular flexibility index (Phi) is 5.84. The highest BCUT2D eigenvalue weighted by atomic mass is 32.2. The number of carboxylic acid groups (broad SMARTS) is 1. The summed E-state index contributed by atoms with van der Waals surface area (Å²) in [6, 6.07) is -0.582. The van der Waals surface area contributed by atoms with E-state index in [1.54, 1.807) is 18.0 Å². The maximum absolute atomic E-state index is 10.8. The summed E-state index contributed by atoms with van der Waals surface area (Å²) in [5, 5.41) is 8.87. The van der Waals surface area contributed by atoms with Crippen LogP contribution in [0.25, 0.3) is 0 Å². The molecule has 4 heteroatoms. The first-order chi connectivity index (χ1) is 6.37. The summed E-state index contributed by atoms with van der Waals surface area (Å²) in [5.41, 5.74) is -0.0486. The summed E-state index contributed by atoms with van der Waals surface area (Å²) in [7, 11) is 0. The van der Waals surface area contributed by atoms with Gasteiger partial charge in [0.05, 0.1) is 0 Å². The van der Waals surface area contributed by atoms with Crippen LogP contribution >= 0.6 is 11.8 Å². The molecule has 0 radical (unpaired) electrons. The molecule has 0 aromatic rings. The fraction of sp³-hybridized carbons (Fsp3) is 0.800. The van der Waals surface area contributed by atoms with Crippen LogP contribution in [0.3, 0.4) is 0 Å². The van der Waals surface area contributed by atoms with Gasteiger partial charge in [0, 0.05) is 6.21 Å². The van der Waals surface area contributed by atoms with Gasteiger partial charge in [0.15, 0.2) is 0 Å². The lowest BCUT2D eigenvalue weighted by Gasteiger charge is -2.12. The Morgan fingerprint density at radius 3 is 2.50 bits per heavy atom. The first-order valence-corrected chi connectivity index (χ1v) is 6.02. The van der Waals surface area contributed by atoms with Gasteiger partial charge in [0.2, 0.25) is 0 Å². The van der Waals surface area contributed by atoms with Gasteiger partial charge in [-0.2, -0.15) is 11.8 Å². The molecule has 14 heavy (non-hydrogen) atoms. The summed E-state index contributed by atoms with van der Waals surface area (Å²) >= 11 is 1.64. The van der Waals surface area contributed by atoms with Crippen molar-refractivity contribution in [1.29, 1.82) is 0 Å². The van der Waals surface area contributed by atoms with E-state index in [4.69, 9.17) is 5.11 Å². The maximum atomic E-state index is 10.8.